The normalized spacial score (nSPS) is 13.2. The van der Waals surface area contributed by atoms with Gasteiger partial charge in [-0.15, -0.1) is 0 Å². The lowest BCUT2D eigenvalue weighted by Gasteiger charge is -2.18. The molecule has 0 atom stereocenters. The largest absolute Gasteiger partial charge is 0.462 e. The minimum absolute atomic E-state index is 0.167. The second-order valence-electron chi connectivity index (χ2n) is 17.0. The molecule has 0 heterocycles. The summed E-state index contributed by atoms with van der Waals surface area (Å²) in [5.41, 5.74) is 0. The molecule has 0 aromatic rings. The Morgan fingerprint density at radius 3 is 0.859 bits per heavy atom. The van der Waals surface area contributed by atoms with Crippen LogP contribution in [0.4, 0.5) is 0 Å². The second-order valence-corrected chi connectivity index (χ2v) is 17.0. The van der Waals surface area contributed by atoms with Crippen LogP contribution < -0.4 is 0 Å². The molecule has 0 saturated heterocycles. The lowest BCUT2D eigenvalue weighted by Crippen LogP contribution is -2.30. The SMILES string of the molecule is CC/C=C\C/C=C\C/C=C\C/C=C\C/C=C\C/C=C\CCC(=O)OCC(COC(=O)CC/C=C\C/C=C\C/C=C\C/C=C\C/C=C\C/C=C\CC)OC(=O)CCCC/C=C\C/C=C\C/C=C\CCCCC. The van der Waals surface area contributed by atoms with E-state index in [2.05, 4.69) is 179 Å². The minimum atomic E-state index is -0.870. The smallest absolute Gasteiger partial charge is 0.306 e. The van der Waals surface area contributed by atoms with E-state index >= 15 is 0 Å². The van der Waals surface area contributed by atoms with Crippen LogP contribution in [0.2, 0.25) is 0 Å². The number of unbranched alkanes of at least 4 members (excludes halogenated alkanes) is 5. The lowest BCUT2D eigenvalue weighted by molar-refractivity contribution is -0.166. The number of esters is 3. The predicted octanol–water partition coefficient (Wildman–Crippen LogP) is 18.5. The van der Waals surface area contributed by atoms with Gasteiger partial charge in [-0.1, -0.05) is 216 Å². The van der Waals surface area contributed by atoms with Crippen LogP contribution in [0.25, 0.3) is 0 Å². The minimum Gasteiger partial charge on any atom is -0.462 e. The maximum absolute atomic E-state index is 12.8. The lowest BCUT2D eigenvalue weighted by atomic mass is 10.1. The number of rotatable bonds is 46. The van der Waals surface area contributed by atoms with E-state index in [1.807, 2.05) is 24.3 Å². The molecule has 0 spiro atoms. The molecule has 0 amide bonds. The Labute approximate surface area is 434 Å². The average molecular weight is 973 g/mol. The van der Waals surface area contributed by atoms with E-state index in [0.29, 0.717) is 19.3 Å². The third-order valence-corrected chi connectivity index (χ3v) is 10.4. The molecule has 0 saturated carbocycles. The third-order valence-electron chi connectivity index (χ3n) is 10.4. The van der Waals surface area contributed by atoms with Gasteiger partial charge in [0.15, 0.2) is 6.10 Å². The highest BCUT2D eigenvalue weighted by Crippen LogP contribution is 2.09. The monoisotopic (exact) mass is 973 g/mol. The predicted molar refractivity (Wildman–Crippen MR) is 306 cm³/mol. The van der Waals surface area contributed by atoms with Crippen molar-refractivity contribution in [3.05, 3.63) is 182 Å². The summed E-state index contributed by atoms with van der Waals surface area (Å²) in [6.45, 7) is 6.18. The van der Waals surface area contributed by atoms with Crippen molar-refractivity contribution in [1.82, 2.24) is 0 Å². The Balaban J connectivity index is 4.71. The van der Waals surface area contributed by atoms with Gasteiger partial charge in [0, 0.05) is 19.3 Å². The van der Waals surface area contributed by atoms with Gasteiger partial charge in [0.2, 0.25) is 0 Å². The van der Waals surface area contributed by atoms with Crippen LogP contribution in [0.5, 0.6) is 0 Å². The van der Waals surface area contributed by atoms with Crippen molar-refractivity contribution in [2.24, 2.45) is 0 Å². The van der Waals surface area contributed by atoms with E-state index in [4.69, 9.17) is 14.2 Å². The van der Waals surface area contributed by atoms with Crippen LogP contribution in [0.1, 0.15) is 188 Å². The highest BCUT2D eigenvalue weighted by Gasteiger charge is 2.19. The summed E-state index contributed by atoms with van der Waals surface area (Å²) in [7, 11) is 0. The zero-order valence-electron chi connectivity index (χ0n) is 44.6. The van der Waals surface area contributed by atoms with Crippen molar-refractivity contribution in [2.75, 3.05) is 13.2 Å². The molecule has 0 fully saturated rings. The summed E-state index contributed by atoms with van der Waals surface area (Å²) < 4.78 is 16.6. The number of carbonyl (C=O) groups excluding carboxylic acids is 3. The topological polar surface area (TPSA) is 78.9 Å². The summed E-state index contributed by atoms with van der Waals surface area (Å²) in [4.78, 5) is 38.0. The number of hydrogen-bond donors (Lipinski definition) is 0. The molecular weight excluding hydrogens is 877 g/mol. The average Bonchev–Trinajstić information content (AvgIpc) is 3.37. The molecule has 71 heavy (non-hydrogen) atoms. The molecule has 0 aromatic carbocycles. The quantitative estimate of drug-likeness (QED) is 0.0262. The van der Waals surface area contributed by atoms with Gasteiger partial charge >= 0.3 is 17.9 Å². The fraction of sp³-hybridized carbons (Fsp3) is 0.492. The Morgan fingerprint density at radius 1 is 0.296 bits per heavy atom. The Hall–Kier alpha value is -5.49. The van der Waals surface area contributed by atoms with Gasteiger partial charge in [-0.2, -0.15) is 0 Å². The summed E-state index contributed by atoms with van der Waals surface area (Å²) in [5, 5.41) is 0. The summed E-state index contributed by atoms with van der Waals surface area (Å²) in [6, 6.07) is 0. The summed E-state index contributed by atoms with van der Waals surface area (Å²) >= 11 is 0. The maximum atomic E-state index is 12.8. The van der Waals surface area contributed by atoms with Gasteiger partial charge in [0.25, 0.3) is 0 Å². The van der Waals surface area contributed by atoms with Gasteiger partial charge in [-0.05, 0) is 135 Å². The van der Waals surface area contributed by atoms with E-state index in [1.165, 1.54) is 19.3 Å². The Morgan fingerprint density at radius 2 is 0.563 bits per heavy atom. The van der Waals surface area contributed by atoms with Crippen LogP contribution in [-0.4, -0.2) is 37.2 Å². The number of ether oxygens (including phenoxy) is 3. The van der Waals surface area contributed by atoms with Gasteiger partial charge in [-0.3, -0.25) is 14.4 Å². The third kappa shape index (κ3) is 55.3. The van der Waals surface area contributed by atoms with E-state index in [1.54, 1.807) is 0 Å². The fourth-order valence-corrected chi connectivity index (χ4v) is 6.38. The van der Waals surface area contributed by atoms with E-state index in [-0.39, 0.29) is 32.5 Å². The number of carbonyl (C=O) groups is 3. The highest BCUT2D eigenvalue weighted by molar-refractivity contribution is 5.71. The second kappa shape index (κ2) is 57.1. The molecule has 0 unspecified atom stereocenters. The zero-order chi connectivity index (χ0) is 51.4. The summed E-state index contributed by atoms with van der Waals surface area (Å²) in [5.74, 6) is -1.18. The van der Waals surface area contributed by atoms with Crippen molar-refractivity contribution >= 4 is 17.9 Å². The highest BCUT2D eigenvalue weighted by atomic mass is 16.6. The van der Waals surface area contributed by atoms with Gasteiger partial charge < -0.3 is 14.2 Å². The first kappa shape index (κ1) is 65.5. The van der Waals surface area contributed by atoms with Crippen LogP contribution in [-0.2, 0) is 28.6 Å². The van der Waals surface area contributed by atoms with E-state index in [9.17, 15) is 14.4 Å². The summed E-state index contributed by atoms with van der Waals surface area (Å²) in [6.07, 6.45) is 86.2. The number of allylic oxidation sites excluding steroid dienone is 30. The van der Waals surface area contributed by atoms with Crippen LogP contribution in [0.15, 0.2) is 182 Å². The first-order valence-electron chi connectivity index (χ1n) is 27.3. The molecule has 0 aliphatic carbocycles. The van der Waals surface area contributed by atoms with Crippen molar-refractivity contribution in [2.45, 2.75) is 194 Å². The first-order chi connectivity index (χ1) is 35.0. The van der Waals surface area contributed by atoms with Crippen LogP contribution in [0.3, 0.4) is 0 Å². The maximum Gasteiger partial charge on any atom is 0.306 e. The van der Waals surface area contributed by atoms with Crippen molar-refractivity contribution in [3.63, 3.8) is 0 Å². The van der Waals surface area contributed by atoms with E-state index < -0.39 is 24.0 Å². The van der Waals surface area contributed by atoms with Crippen molar-refractivity contribution < 1.29 is 28.6 Å². The van der Waals surface area contributed by atoms with Crippen molar-refractivity contribution in [3.8, 4) is 0 Å². The fourth-order valence-electron chi connectivity index (χ4n) is 6.38. The van der Waals surface area contributed by atoms with Crippen LogP contribution >= 0.6 is 0 Å². The molecule has 6 heteroatoms. The molecule has 0 N–H and O–H groups in total. The van der Waals surface area contributed by atoms with Gasteiger partial charge in [-0.25, -0.2) is 0 Å². The molecule has 0 aromatic heterocycles. The van der Waals surface area contributed by atoms with Crippen LogP contribution in [0, 0.1) is 0 Å². The molecule has 0 aliphatic heterocycles. The molecule has 0 rings (SSSR count). The molecule has 392 valence electrons. The molecule has 0 bridgehead atoms. The zero-order valence-corrected chi connectivity index (χ0v) is 44.6. The van der Waals surface area contributed by atoms with Gasteiger partial charge in [0.05, 0.1) is 0 Å². The Bertz CT molecular complexity index is 1640. The van der Waals surface area contributed by atoms with Gasteiger partial charge in [0.1, 0.15) is 13.2 Å². The molecule has 6 nitrogen and oxygen atoms in total. The molecular formula is C65H96O6. The molecule has 0 radical (unpaired) electrons. The molecule has 0 aliphatic rings. The van der Waals surface area contributed by atoms with E-state index in [0.717, 1.165) is 109 Å². The number of hydrogen-bond acceptors (Lipinski definition) is 6. The van der Waals surface area contributed by atoms with Crippen molar-refractivity contribution in [1.29, 1.82) is 0 Å². The Kier molecular flexibility index (Phi) is 52.7. The standard InChI is InChI=1S/C65H96O6/c1-4-7-10-13-16-19-22-25-28-30-32-34-37-39-42-45-48-51-54-57-63(66)69-60-62(71-65(68)59-56-53-50-47-44-41-36-27-24-21-18-15-12-9-6-3)61-70-64(67)58-55-52-49-46-43-40-38-35-33-31-29-26-23-20-17-14-11-8-5-2/h7-8,10-11,16-21,25-29,32-36,39-40,42-44,47-49,51-52,62H,4-6,9,12-15,22-24,30-31,37-38,41,45-46,50,53-61H2,1-3H3/b10-7-,11-8-,19-16-,20-17-,21-18-,28-25-,29-26-,34-32-,35-33-,36-27-,42-39-,43-40-,47-44-,51-48-,52-49-. The first-order valence-corrected chi connectivity index (χ1v) is 27.3.